The molecule has 27 heavy (non-hydrogen) atoms. The molecule has 0 aliphatic rings. The second-order valence-corrected chi connectivity index (χ2v) is 6.86. The van der Waals surface area contributed by atoms with E-state index in [4.69, 9.17) is 0 Å². The third-order valence-electron chi connectivity index (χ3n) is 4.01. The van der Waals surface area contributed by atoms with Crippen molar-refractivity contribution >= 4 is 17.7 Å². The summed E-state index contributed by atoms with van der Waals surface area (Å²) in [5, 5.41) is 12.9. The van der Waals surface area contributed by atoms with Crippen LogP contribution in [0.3, 0.4) is 0 Å². The maximum atomic E-state index is 13.8. The van der Waals surface area contributed by atoms with Crippen molar-refractivity contribution in [2.45, 2.75) is 30.6 Å². The van der Waals surface area contributed by atoms with Crippen LogP contribution in [0, 0.1) is 5.82 Å². The van der Waals surface area contributed by atoms with Crippen LogP contribution in [0.4, 0.5) is 4.39 Å². The normalized spacial score (nSPS) is 10.7. The van der Waals surface area contributed by atoms with Crippen molar-refractivity contribution in [3.05, 3.63) is 83.4 Å². The van der Waals surface area contributed by atoms with Crippen LogP contribution >= 0.6 is 11.8 Å². The van der Waals surface area contributed by atoms with E-state index in [0.29, 0.717) is 28.7 Å². The van der Waals surface area contributed by atoms with E-state index in [-0.39, 0.29) is 24.9 Å². The molecule has 2 aromatic carbocycles. The minimum Gasteiger partial charge on any atom is -0.390 e. The van der Waals surface area contributed by atoms with Gasteiger partial charge in [0.15, 0.2) is 5.16 Å². The number of imidazole rings is 1. The van der Waals surface area contributed by atoms with Crippen LogP contribution in [0.25, 0.3) is 0 Å². The first-order chi connectivity index (χ1) is 13.2. The number of hydrogen-bond donors (Lipinski definition) is 2. The number of aliphatic hydroxyl groups excluding tert-OH is 1. The van der Waals surface area contributed by atoms with Gasteiger partial charge in [0, 0.05) is 12.3 Å². The van der Waals surface area contributed by atoms with Gasteiger partial charge in [-0.25, -0.2) is 9.37 Å². The van der Waals surface area contributed by atoms with Crippen molar-refractivity contribution in [3.63, 3.8) is 0 Å². The average Bonchev–Trinajstić information content (AvgIpc) is 3.08. The van der Waals surface area contributed by atoms with E-state index in [1.807, 2.05) is 30.3 Å². The zero-order valence-corrected chi connectivity index (χ0v) is 15.5. The number of nitrogens with one attached hydrogen (secondary N) is 1. The topological polar surface area (TPSA) is 67.2 Å². The molecule has 0 bridgehead atoms. The number of aromatic nitrogens is 2. The molecule has 7 heteroatoms. The van der Waals surface area contributed by atoms with E-state index in [2.05, 4.69) is 10.3 Å². The van der Waals surface area contributed by atoms with Gasteiger partial charge in [0.25, 0.3) is 0 Å². The second-order valence-electron chi connectivity index (χ2n) is 5.92. The molecule has 5 nitrogen and oxygen atoms in total. The van der Waals surface area contributed by atoms with Gasteiger partial charge in [-0.15, -0.1) is 0 Å². The summed E-state index contributed by atoms with van der Waals surface area (Å²) in [6, 6.07) is 16.2. The third-order valence-corrected chi connectivity index (χ3v) is 5.05. The van der Waals surface area contributed by atoms with Crippen molar-refractivity contribution in [1.29, 1.82) is 0 Å². The minimum atomic E-state index is -0.272. The Morgan fingerprint density at radius 1 is 1.15 bits per heavy atom. The number of carbonyl (C=O) groups excluding carboxylic acids is 1. The lowest BCUT2D eigenvalue weighted by molar-refractivity contribution is -0.122. The summed E-state index contributed by atoms with van der Waals surface area (Å²) < 4.78 is 15.4. The van der Waals surface area contributed by atoms with E-state index in [1.165, 1.54) is 24.0 Å². The van der Waals surface area contributed by atoms with Crippen LogP contribution in [-0.2, 0) is 30.2 Å². The van der Waals surface area contributed by atoms with Gasteiger partial charge in [0.05, 0.1) is 18.5 Å². The molecule has 3 rings (SSSR count). The van der Waals surface area contributed by atoms with Gasteiger partial charge in [-0.2, -0.15) is 0 Å². The molecule has 0 unspecified atom stereocenters. The number of benzene rings is 2. The Kier molecular flexibility index (Phi) is 6.62. The number of carbonyl (C=O) groups is 1. The monoisotopic (exact) mass is 385 g/mol. The van der Waals surface area contributed by atoms with Crippen LogP contribution in [0.1, 0.15) is 16.8 Å². The SMILES string of the molecule is O=C(Cn1c(CO)cnc1SCc1ccccc1F)NCc1ccccc1. The van der Waals surface area contributed by atoms with Crippen LogP contribution in [-0.4, -0.2) is 20.6 Å². The standard InChI is InChI=1S/C20H20FN3O2S/c21-18-9-5-4-8-16(18)14-27-20-23-11-17(13-25)24(20)12-19(26)22-10-15-6-2-1-3-7-15/h1-9,11,25H,10,12-14H2,(H,22,26). The molecule has 0 atom stereocenters. The molecule has 0 aliphatic heterocycles. The summed E-state index contributed by atoms with van der Waals surface area (Å²) in [5.74, 6) is -0.0643. The predicted molar refractivity (Wildman–Crippen MR) is 102 cm³/mol. The van der Waals surface area contributed by atoms with Crippen LogP contribution in [0.2, 0.25) is 0 Å². The Labute approximate surface area is 161 Å². The maximum absolute atomic E-state index is 13.8. The molecule has 2 N–H and O–H groups in total. The number of hydrogen-bond acceptors (Lipinski definition) is 4. The molecular weight excluding hydrogens is 365 g/mol. The summed E-state index contributed by atoms with van der Waals surface area (Å²) in [5.41, 5.74) is 2.12. The molecule has 0 aliphatic carbocycles. The van der Waals surface area contributed by atoms with E-state index in [1.54, 1.807) is 22.8 Å². The fourth-order valence-electron chi connectivity index (χ4n) is 2.56. The van der Waals surface area contributed by atoms with Gasteiger partial charge in [-0.05, 0) is 17.2 Å². The molecule has 1 heterocycles. The van der Waals surface area contributed by atoms with Gasteiger partial charge in [-0.3, -0.25) is 4.79 Å². The van der Waals surface area contributed by atoms with Crippen LogP contribution in [0.15, 0.2) is 66.0 Å². The number of aliphatic hydroxyl groups is 1. The Balaban J connectivity index is 1.64. The van der Waals surface area contributed by atoms with E-state index in [0.717, 1.165) is 5.56 Å². The van der Waals surface area contributed by atoms with Crippen molar-refractivity contribution < 1.29 is 14.3 Å². The number of halogens is 1. The molecule has 0 radical (unpaired) electrons. The molecule has 3 aromatic rings. The van der Waals surface area contributed by atoms with E-state index in [9.17, 15) is 14.3 Å². The smallest absolute Gasteiger partial charge is 0.240 e. The lowest BCUT2D eigenvalue weighted by Crippen LogP contribution is -2.28. The average molecular weight is 385 g/mol. The second kappa shape index (κ2) is 9.34. The maximum Gasteiger partial charge on any atom is 0.240 e. The van der Waals surface area contributed by atoms with E-state index < -0.39 is 0 Å². The highest BCUT2D eigenvalue weighted by molar-refractivity contribution is 7.98. The summed E-state index contributed by atoms with van der Waals surface area (Å²) in [6.07, 6.45) is 1.54. The Morgan fingerprint density at radius 2 is 1.89 bits per heavy atom. The van der Waals surface area contributed by atoms with Gasteiger partial charge >= 0.3 is 0 Å². The predicted octanol–water partition coefficient (Wildman–Crippen LogP) is 3.12. The highest BCUT2D eigenvalue weighted by atomic mass is 32.2. The fourth-order valence-corrected chi connectivity index (χ4v) is 3.54. The first-order valence-corrected chi connectivity index (χ1v) is 9.48. The first kappa shape index (κ1) is 19.1. The number of amides is 1. The lowest BCUT2D eigenvalue weighted by atomic mass is 10.2. The number of rotatable bonds is 8. The lowest BCUT2D eigenvalue weighted by Gasteiger charge is -2.11. The van der Waals surface area contributed by atoms with Gasteiger partial charge in [0.2, 0.25) is 5.91 Å². The van der Waals surface area contributed by atoms with Crippen LogP contribution < -0.4 is 5.32 Å². The van der Waals surface area contributed by atoms with Gasteiger partial charge < -0.3 is 15.0 Å². The molecule has 1 amide bonds. The van der Waals surface area contributed by atoms with Crippen molar-refractivity contribution in [2.24, 2.45) is 0 Å². The van der Waals surface area contributed by atoms with Crippen molar-refractivity contribution in [1.82, 2.24) is 14.9 Å². The summed E-state index contributed by atoms with van der Waals surface area (Å²) in [6.45, 7) is 0.252. The Hall–Kier alpha value is -2.64. The molecule has 0 saturated heterocycles. The van der Waals surface area contributed by atoms with Crippen LogP contribution in [0.5, 0.6) is 0 Å². The molecule has 1 aromatic heterocycles. The molecule has 0 fully saturated rings. The zero-order chi connectivity index (χ0) is 19.1. The minimum absolute atomic E-state index is 0.0440. The molecule has 0 saturated carbocycles. The molecule has 140 valence electrons. The number of nitrogens with zero attached hydrogens (tertiary/aromatic N) is 2. The summed E-state index contributed by atoms with van der Waals surface area (Å²) >= 11 is 1.33. The van der Waals surface area contributed by atoms with Gasteiger partial charge in [-0.1, -0.05) is 60.3 Å². The quantitative estimate of drug-likeness (QED) is 0.585. The third kappa shape index (κ3) is 5.18. The fraction of sp³-hybridized carbons (Fsp3) is 0.200. The highest BCUT2D eigenvalue weighted by Crippen LogP contribution is 2.24. The molecule has 0 spiro atoms. The zero-order valence-electron chi connectivity index (χ0n) is 14.6. The highest BCUT2D eigenvalue weighted by Gasteiger charge is 2.14. The Bertz CT molecular complexity index is 899. The van der Waals surface area contributed by atoms with E-state index >= 15 is 0 Å². The molecular formula is C20H20FN3O2S. The largest absolute Gasteiger partial charge is 0.390 e. The number of thioether (sulfide) groups is 1. The van der Waals surface area contributed by atoms with Crippen molar-refractivity contribution in [2.75, 3.05) is 0 Å². The summed E-state index contributed by atoms with van der Waals surface area (Å²) in [7, 11) is 0. The summed E-state index contributed by atoms with van der Waals surface area (Å²) in [4.78, 5) is 16.6. The van der Waals surface area contributed by atoms with Gasteiger partial charge in [0.1, 0.15) is 12.4 Å². The first-order valence-electron chi connectivity index (χ1n) is 8.49. The Morgan fingerprint density at radius 3 is 2.63 bits per heavy atom. The van der Waals surface area contributed by atoms with Crippen molar-refractivity contribution in [3.8, 4) is 0 Å².